The fourth-order valence-electron chi connectivity index (χ4n) is 4.19. The number of nitrogens with one attached hydrogen (secondary N) is 1. The number of pyridine rings is 1. The monoisotopic (exact) mass is 484 g/mol. The average molecular weight is 485 g/mol. The summed E-state index contributed by atoms with van der Waals surface area (Å²) in [4.78, 5) is 21.5. The molecule has 1 N–H and O–H groups in total. The van der Waals surface area contributed by atoms with Crippen LogP contribution in [0, 0.1) is 0 Å². The molecule has 1 amide bonds. The Morgan fingerprint density at radius 3 is 2.62 bits per heavy atom. The van der Waals surface area contributed by atoms with Crippen LogP contribution in [0.4, 0.5) is 20.3 Å². The lowest BCUT2D eigenvalue weighted by Gasteiger charge is -2.40. The summed E-state index contributed by atoms with van der Waals surface area (Å²) >= 11 is 5.88. The van der Waals surface area contributed by atoms with Gasteiger partial charge in [0.05, 0.1) is 11.1 Å². The summed E-state index contributed by atoms with van der Waals surface area (Å²) in [5.41, 5.74) is 3.04. The molecule has 0 radical (unpaired) electrons. The second-order valence-corrected chi connectivity index (χ2v) is 9.13. The summed E-state index contributed by atoms with van der Waals surface area (Å²) in [6, 6.07) is 18.0. The number of likely N-dealkylation sites (tertiary alicyclic amines) is 1. The van der Waals surface area contributed by atoms with Gasteiger partial charge in [-0.2, -0.15) is 0 Å². The van der Waals surface area contributed by atoms with Crippen LogP contribution in [0.3, 0.4) is 0 Å². The number of benzene rings is 2. The van der Waals surface area contributed by atoms with Crippen LogP contribution in [0.5, 0.6) is 0 Å². The molecular weight excluding hydrogens is 458 g/mol. The quantitative estimate of drug-likeness (QED) is 0.479. The highest BCUT2D eigenvalue weighted by Crippen LogP contribution is 2.35. The first-order valence-electron chi connectivity index (χ1n) is 11.1. The van der Waals surface area contributed by atoms with Crippen LogP contribution in [0.25, 0.3) is 11.1 Å². The van der Waals surface area contributed by atoms with Gasteiger partial charge in [0.1, 0.15) is 5.82 Å². The molecule has 4 rings (SSSR count). The number of amides is 1. The van der Waals surface area contributed by atoms with E-state index < -0.39 is 18.4 Å². The van der Waals surface area contributed by atoms with Gasteiger partial charge >= 0.3 is 0 Å². The number of nitrogens with zero attached hydrogens (tertiary/aromatic N) is 3. The number of hydrogen-bond donors (Lipinski definition) is 1. The fraction of sp³-hybridized carbons (Fsp3) is 0.308. The smallest absolute Gasteiger partial charge is 0.254 e. The highest BCUT2D eigenvalue weighted by atomic mass is 35.5. The summed E-state index contributed by atoms with van der Waals surface area (Å²) in [5.74, 6) is -2.57. The van der Waals surface area contributed by atoms with Crippen molar-refractivity contribution in [2.45, 2.75) is 24.8 Å². The number of anilines is 2. The average Bonchev–Trinajstić information content (AvgIpc) is 2.83. The zero-order valence-corrected chi connectivity index (χ0v) is 19.9. The molecule has 1 aliphatic heterocycles. The van der Waals surface area contributed by atoms with Gasteiger partial charge < -0.3 is 15.1 Å². The standard InChI is InChI=1S/C26H27ClF2N4O/c1-32(2)20-9-10-22(18-6-4-3-5-7-18)23(14-20)25(34)33-13-12-26(28,29)15-21(33)17-31-24-11-8-19(27)16-30-24/h3-11,14,16,21H,12-13,15,17H2,1-2H3,(H,30,31). The minimum atomic E-state index is -2.83. The van der Waals surface area contributed by atoms with Crippen LogP contribution in [-0.2, 0) is 0 Å². The maximum Gasteiger partial charge on any atom is 0.254 e. The normalized spacial score (nSPS) is 17.3. The molecule has 178 valence electrons. The Kier molecular flexibility index (Phi) is 7.03. The van der Waals surface area contributed by atoms with E-state index in [1.165, 1.54) is 6.20 Å². The molecular formula is C26H27ClF2N4O. The highest BCUT2D eigenvalue weighted by molar-refractivity contribution is 6.30. The Bertz CT molecular complexity index is 1140. The van der Waals surface area contributed by atoms with Gasteiger partial charge in [0, 0.05) is 57.5 Å². The van der Waals surface area contributed by atoms with Gasteiger partial charge in [-0.15, -0.1) is 0 Å². The minimum Gasteiger partial charge on any atom is -0.378 e. The Hall–Kier alpha value is -3.19. The molecule has 0 saturated carbocycles. The van der Waals surface area contributed by atoms with Crippen LogP contribution in [0.1, 0.15) is 23.2 Å². The van der Waals surface area contributed by atoms with Gasteiger partial charge in [-0.3, -0.25) is 4.79 Å². The summed E-state index contributed by atoms with van der Waals surface area (Å²) in [5, 5.41) is 3.57. The molecule has 1 fully saturated rings. The molecule has 8 heteroatoms. The van der Waals surface area contributed by atoms with Crippen LogP contribution in [-0.4, -0.2) is 54.9 Å². The molecule has 1 aliphatic rings. The van der Waals surface area contributed by atoms with E-state index in [9.17, 15) is 13.6 Å². The van der Waals surface area contributed by atoms with Crippen LogP contribution >= 0.6 is 11.6 Å². The molecule has 1 unspecified atom stereocenters. The number of piperidine rings is 1. The van der Waals surface area contributed by atoms with E-state index in [-0.39, 0.29) is 25.4 Å². The Labute approximate surface area is 203 Å². The first-order valence-corrected chi connectivity index (χ1v) is 11.5. The molecule has 0 bridgehead atoms. The predicted octanol–water partition coefficient (Wildman–Crippen LogP) is 5.82. The van der Waals surface area contributed by atoms with Gasteiger partial charge in [0.25, 0.3) is 11.8 Å². The number of rotatable bonds is 6. The SMILES string of the molecule is CN(C)c1ccc(-c2ccccc2)c(C(=O)N2CCC(F)(F)CC2CNc2ccc(Cl)cn2)c1. The van der Waals surface area contributed by atoms with E-state index in [0.717, 1.165) is 16.8 Å². The van der Waals surface area contributed by atoms with Crippen LogP contribution < -0.4 is 10.2 Å². The highest BCUT2D eigenvalue weighted by Gasteiger charge is 2.42. The minimum absolute atomic E-state index is 0.0212. The molecule has 0 aliphatic carbocycles. The molecule has 1 saturated heterocycles. The molecule has 3 aromatic rings. The van der Waals surface area contributed by atoms with Gasteiger partial charge in [0.15, 0.2) is 0 Å². The molecule has 34 heavy (non-hydrogen) atoms. The lowest BCUT2D eigenvalue weighted by Crippen LogP contribution is -2.52. The second kappa shape index (κ2) is 9.97. The predicted molar refractivity (Wildman–Crippen MR) is 133 cm³/mol. The number of carbonyl (C=O) groups excluding carboxylic acids is 1. The van der Waals surface area contributed by atoms with Crippen molar-refractivity contribution in [2.75, 3.05) is 37.4 Å². The van der Waals surface area contributed by atoms with Crippen LogP contribution in [0.2, 0.25) is 5.02 Å². The van der Waals surface area contributed by atoms with Crippen molar-refractivity contribution < 1.29 is 13.6 Å². The van der Waals surface area contributed by atoms with Crippen molar-refractivity contribution in [3.05, 3.63) is 77.4 Å². The van der Waals surface area contributed by atoms with Crippen molar-refractivity contribution in [1.82, 2.24) is 9.88 Å². The summed E-state index contributed by atoms with van der Waals surface area (Å²) < 4.78 is 28.8. The molecule has 5 nitrogen and oxygen atoms in total. The Morgan fingerprint density at radius 1 is 1.18 bits per heavy atom. The molecule has 0 spiro atoms. The lowest BCUT2D eigenvalue weighted by molar-refractivity contribution is -0.0674. The largest absolute Gasteiger partial charge is 0.378 e. The first kappa shape index (κ1) is 24.0. The van der Waals surface area contributed by atoms with Crippen molar-refractivity contribution in [1.29, 1.82) is 0 Å². The van der Waals surface area contributed by atoms with Gasteiger partial charge in [-0.05, 0) is 35.4 Å². The third-order valence-corrected chi connectivity index (χ3v) is 6.26. The van der Waals surface area contributed by atoms with Crippen molar-refractivity contribution in [3.63, 3.8) is 0 Å². The third kappa shape index (κ3) is 5.47. The van der Waals surface area contributed by atoms with E-state index in [0.29, 0.717) is 16.4 Å². The first-order chi connectivity index (χ1) is 16.2. The zero-order valence-electron chi connectivity index (χ0n) is 19.1. The van der Waals surface area contributed by atoms with Crippen molar-refractivity contribution in [3.8, 4) is 11.1 Å². The summed E-state index contributed by atoms with van der Waals surface area (Å²) in [6.07, 6.45) is 0.719. The fourth-order valence-corrected chi connectivity index (χ4v) is 4.30. The lowest BCUT2D eigenvalue weighted by atomic mass is 9.94. The number of aromatic nitrogens is 1. The van der Waals surface area contributed by atoms with Crippen molar-refractivity contribution in [2.24, 2.45) is 0 Å². The topological polar surface area (TPSA) is 48.5 Å². The van der Waals surface area contributed by atoms with E-state index in [2.05, 4.69) is 10.3 Å². The third-order valence-electron chi connectivity index (χ3n) is 6.04. The molecule has 2 aromatic carbocycles. The van der Waals surface area contributed by atoms with E-state index in [4.69, 9.17) is 11.6 Å². The summed E-state index contributed by atoms with van der Waals surface area (Å²) in [6.45, 7) is 0.136. The van der Waals surface area contributed by atoms with Crippen molar-refractivity contribution >= 4 is 29.0 Å². The maximum absolute atomic E-state index is 14.4. The number of alkyl halides is 2. The molecule has 2 heterocycles. The van der Waals surface area contributed by atoms with Gasteiger partial charge in [-0.25, -0.2) is 13.8 Å². The Balaban J connectivity index is 1.66. The van der Waals surface area contributed by atoms with E-state index in [1.807, 2.05) is 67.5 Å². The van der Waals surface area contributed by atoms with Gasteiger partial charge in [-0.1, -0.05) is 48.0 Å². The molecule has 1 aromatic heterocycles. The van der Waals surface area contributed by atoms with Crippen LogP contribution in [0.15, 0.2) is 66.9 Å². The van der Waals surface area contributed by atoms with E-state index >= 15 is 0 Å². The molecule has 1 atom stereocenters. The number of hydrogen-bond acceptors (Lipinski definition) is 4. The Morgan fingerprint density at radius 2 is 1.94 bits per heavy atom. The van der Waals surface area contributed by atoms with Gasteiger partial charge in [0.2, 0.25) is 0 Å². The van der Waals surface area contributed by atoms with E-state index in [1.54, 1.807) is 17.0 Å². The number of halogens is 3. The number of carbonyl (C=O) groups is 1. The maximum atomic E-state index is 14.4. The summed E-state index contributed by atoms with van der Waals surface area (Å²) in [7, 11) is 3.80. The second-order valence-electron chi connectivity index (χ2n) is 8.70. The zero-order chi connectivity index (χ0) is 24.3.